The van der Waals surface area contributed by atoms with Gasteiger partial charge in [0.05, 0.1) is 38.2 Å². The molecule has 5 rings (SSSR count). The summed E-state index contributed by atoms with van der Waals surface area (Å²) in [6.45, 7) is 5.56. The first-order valence-corrected chi connectivity index (χ1v) is 11.5. The predicted molar refractivity (Wildman–Crippen MR) is 128 cm³/mol. The van der Waals surface area contributed by atoms with Crippen LogP contribution in [0.5, 0.6) is 5.75 Å². The molecule has 6 nitrogen and oxygen atoms in total. The molecular weight excluding hydrogens is 414 g/mol. The number of aromatic nitrogens is 1. The number of anilines is 1. The van der Waals surface area contributed by atoms with E-state index in [4.69, 9.17) is 9.47 Å². The molecule has 0 radical (unpaired) electrons. The number of carbonyl (C=O) groups is 1. The van der Waals surface area contributed by atoms with Gasteiger partial charge < -0.3 is 19.7 Å². The lowest BCUT2D eigenvalue weighted by atomic mass is 9.92. The minimum absolute atomic E-state index is 0.0772. The Bertz CT molecular complexity index is 1180. The Hall–Kier alpha value is -3.38. The fourth-order valence-corrected chi connectivity index (χ4v) is 4.72. The van der Waals surface area contributed by atoms with Gasteiger partial charge in [-0.1, -0.05) is 25.1 Å². The lowest BCUT2D eigenvalue weighted by Gasteiger charge is -2.31. The number of benzene rings is 2. The van der Waals surface area contributed by atoms with Crippen LogP contribution < -0.4 is 15.0 Å². The number of methoxy groups -OCH3 is 1. The molecular formula is C27H29N3O3. The molecule has 1 atom stereocenters. The van der Waals surface area contributed by atoms with Crippen molar-refractivity contribution in [3.63, 3.8) is 0 Å². The molecule has 0 spiro atoms. The second-order valence-electron chi connectivity index (χ2n) is 8.80. The van der Waals surface area contributed by atoms with Crippen LogP contribution in [0.1, 0.15) is 51.1 Å². The SMILES string of the molecule is COc1ccccc1N1CCc2cnc(CNC(=O)c3ccc4c(c3)C(C)COC4)cc2C1. The van der Waals surface area contributed by atoms with Crippen molar-refractivity contribution in [2.24, 2.45) is 0 Å². The van der Waals surface area contributed by atoms with E-state index < -0.39 is 0 Å². The van der Waals surface area contributed by atoms with Crippen LogP contribution in [-0.4, -0.2) is 31.2 Å². The first kappa shape index (κ1) is 21.5. The molecule has 3 aromatic rings. The molecule has 0 aliphatic carbocycles. The summed E-state index contributed by atoms with van der Waals surface area (Å²) in [5.41, 5.74) is 7.53. The Balaban J connectivity index is 1.27. The molecule has 6 heteroatoms. The number of pyridine rings is 1. The van der Waals surface area contributed by atoms with Crippen molar-refractivity contribution in [1.29, 1.82) is 0 Å². The summed E-state index contributed by atoms with van der Waals surface area (Å²) in [6.07, 6.45) is 2.89. The van der Waals surface area contributed by atoms with E-state index in [1.165, 1.54) is 22.3 Å². The van der Waals surface area contributed by atoms with Crippen LogP contribution in [-0.2, 0) is 30.9 Å². The third-order valence-corrected chi connectivity index (χ3v) is 6.57. The largest absolute Gasteiger partial charge is 0.495 e. The number of hydrogen-bond acceptors (Lipinski definition) is 5. The van der Waals surface area contributed by atoms with E-state index in [9.17, 15) is 4.79 Å². The molecule has 1 aromatic heterocycles. The average Bonchev–Trinajstić information content (AvgIpc) is 2.86. The zero-order valence-electron chi connectivity index (χ0n) is 19.1. The Morgan fingerprint density at radius 2 is 2.06 bits per heavy atom. The zero-order valence-corrected chi connectivity index (χ0v) is 19.1. The van der Waals surface area contributed by atoms with Crippen molar-refractivity contribution >= 4 is 11.6 Å². The van der Waals surface area contributed by atoms with E-state index in [2.05, 4.69) is 34.3 Å². The molecule has 0 bridgehead atoms. The summed E-state index contributed by atoms with van der Waals surface area (Å²) >= 11 is 0. The van der Waals surface area contributed by atoms with E-state index in [1.807, 2.05) is 42.6 Å². The van der Waals surface area contributed by atoms with E-state index in [-0.39, 0.29) is 5.91 Å². The van der Waals surface area contributed by atoms with Gasteiger partial charge in [-0.25, -0.2) is 0 Å². The number of fused-ring (bicyclic) bond motifs is 2. The van der Waals surface area contributed by atoms with Gasteiger partial charge in [0.2, 0.25) is 0 Å². The van der Waals surface area contributed by atoms with E-state index in [0.717, 1.165) is 36.6 Å². The maximum atomic E-state index is 12.8. The summed E-state index contributed by atoms with van der Waals surface area (Å²) in [4.78, 5) is 19.7. The third kappa shape index (κ3) is 4.44. The Labute approximate surface area is 194 Å². The fraction of sp³-hybridized carbons (Fsp3) is 0.333. The zero-order chi connectivity index (χ0) is 22.8. The number of carbonyl (C=O) groups excluding carboxylic acids is 1. The van der Waals surface area contributed by atoms with Gasteiger partial charge in [0, 0.05) is 30.8 Å². The van der Waals surface area contributed by atoms with Gasteiger partial charge in [-0.15, -0.1) is 0 Å². The van der Waals surface area contributed by atoms with Gasteiger partial charge in [-0.2, -0.15) is 0 Å². The number of amides is 1. The van der Waals surface area contributed by atoms with Crippen LogP contribution >= 0.6 is 0 Å². The summed E-state index contributed by atoms with van der Waals surface area (Å²) in [5.74, 6) is 1.11. The highest BCUT2D eigenvalue weighted by Crippen LogP contribution is 2.32. The lowest BCUT2D eigenvalue weighted by Crippen LogP contribution is -2.31. The van der Waals surface area contributed by atoms with E-state index in [1.54, 1.807) is 7.11 Å². The molecule has 1 amide bonds. The summed E-state index contributed by atoms with van der Waals surface area (Å²) in [5, 5.41) is 3.04. The average molecular weight is 444 g/mol. The maximum absolute atomic E-state index is 12.8. The number of nitrogens with zero attached hydrogens (tertiary/aromatic N) is 2. The van der Waals surface area contributed by atoms with Crippen LogP contribution in [0.25, 0.3) is 0 Å². The molecule has 170 valence electrons. The highest BCUT2D eigenvalue weighted by molar-refractivity contribution is 5.94. The van der Waals surface area contributed by atoms with Crippen LogP contribution in [0.3, 0.4) is 0 Å². The standard InChI is InChI=1S/C27H29N3O3/c1-18-16-33-17-21-8-7-19(12-24(18)21)27(31)29-14-23-11-22-15-30(10-9-20(22)13-28-23)25-5-3-4-6-26(25)32-2/h3-8,11-13,18H,9-10,14-17H2,1-2H3,(H,29,31). The Morgan fingerprint density at radius 1 is 1.18 bits per heavy atom. The summed E-state index contributed by atoms with van der Waals surface area (Å²) in [7, 11) is 1.71. The van der Waals surface area contributed by atoms with E-state index in [0.29, 0.717) is 31.2 Å². The monoisotopic (exact) mass is 443 g/mol. The maximum Gasteiger partial charge on any atom is 0.251 e. The van der Waals surface area contributed by atoms with Gasteiger partial charge in [-0.05, 0) is 59.0 Å². The minimum Gasteiger partial charge on any atom is -0.495 e. The second-order valence-corrected chi connectivity index (χ2v) is 8.80. The third-order valence-electron chi connectivity index (χ3n) is 6.57. The van der Waals surface area contributed by atoms with Crippen molar-refractivity contribution in [3.05, 3.63) is 88.2 Å². The van der Waals surface area contributed by atoms with Crippen LogP contribution in [0.2, 0.25) is 0 Å². The Kier molecular flexibility index (Phi) is 6.01. The quantitative estimate of drug-likeness (QED) is 0.640. The van der Waals surface area contributed by atoms with Crippen molar-refractivity contribution < 1.29 is 14.3 Å². The van der Waals surface area contributed by atoms with Gasteiger partial charge in [0.15, 0.2) is 0 Å². The fourth-order valence-electron chi connectivity index (χ4n) is 4.72. The summed E-state index contributed by atoms with van der Waals surface area (Å²) < 4.78 is 11.1. The minimum atomic E-state index is -0.0772. The molecule has 2 aromatic carbocycles. The van der Waals surface area contributed by atoms with Gasteiger partial charge in [0.1, 0.15) is 5.75 Å². The molecule has 33 heavy (non-hydrogen) atoms. The van der Waals surface area contributed by atoms with Crippen molar-refractivity contribution in [2.75, 3.05) is 25.2 Å². The van der Waals surface area contributed by atoms with Crippen molar-refractivity contribution in [1.82, 2.24) is 10.3 Å². The van der Waals surface area contributed by atoms with Crippen LogP contribution in [0.4, 0.5) is 5.69 Å². The normalized spacial score (nSPS) is 17.2. The Morgan fingerprint density at radius 3 is 2.94 bits per heavy atom. The molecule has 2 aliphatic heterocycles. The highest BCUT2D eigenvalue weighted by atomic mass is 16.5. The number of nitrogens with one attached hydrogen (secondary N) is 1. The molecule has 1 N–H and O–H groups in total. The highest BCUT2D eigenvalue weighted by Gasteiger charge is 2.21. The number of hydrogen-bond donors (Lipinski definition) is 1. The molecule has 1 unspecified atom stereocenters. The molecule has 3 heterocycles. The number of para-hydroxylation sites is 2. The number of rotatable bonds is 5. The molecule has 0 fully saturated rings. The topological polar surface area (TPSA) is 63.7 Å². The molecule has 0 saturated heterocycles. The van der Waals surface area contributed by atoms with Crippen molar-refractivity contribution in [3.8, 4) is 5.75 Å². The molecule has 0 saturated carbocycles. The summed E-state index contributed by atoms with van der Waals surface area (Å²) in [6, 6.07) is 16.1. The van der Waals surface area contributed by atoms with Crippen LogP contribution in [0, 0.1) is 0 Å². The second kappa shape index (κ2) is 9.24. The first-order valence-electron chi connectivity index (χ1n) is 11.5. The lowest BCUT2D eigenvalue weighted by molar-refractivity contribution is 0.0931. The van der Waals surface area contributed by atoms with E-state index >= 15 is 0 Å². The van der Waals surface area contributed by atoms with Gasteiger partial charge in [0.25, 0.3) is 5.91 Å². The predicted octanol–water partition coefficient (Wildman–Crippen LogP) is 4.22. The smallest absolute Gasteiger partial charge is 0.251 e. The molecule has 2 aliphatic rings. The van der Waals surface area contributed by atoms with Crippen LogP contribution in [0.15, 0.2) is 54.7 Å². The number of ether oxygens (including phenoxy) is 2. The van der Waals surface area contributed by atoms with Gasteiger partial charge >= 0.3 is 0 Å². The first-order chi connectivity index (χ1) is 16.1. The van der Waals surface area contributed by atoms with Gasteiger partial charge in [-0.3, -0.25) is 9.78 Å². The van der Waals surface area contributed by atoms with Crippen molar-refractivity contribution in [2.45, 2.75) is 39.0 Å².